The molecule has 0 saturated heterocycles. The number of hydrogen-bond donors (Lipinski definition) is 1. The summed E-state index contributed by atoms with van der Waals surface area (Å²) in [6.45, 7) is 0. The highest BCUT2D eigenvalue weighted by molar-refractivity contribution is 7.97. The molecule has 1 N–H and O–H groups in total. The van der Waals surface area contributed by atoms with Gasteiger partial charge >= 0.3 is 5.63 Å². The monoisotopic (exact) mass is 298 g/mol. The summed E-state index contributed by atoms with van der Waals surface area (Å²) in [6, 6.07) is 16.6. The van der Waals surface area contributed by atoms with Gasteiger partial charge in [-0.15, -0.1) is 0 Å². The lowest BCUT2D eigenvalue weighted by atomic mass is 10.1. The van der Waals surface area contributed by atoms with Gasteiger partial charge in [0.25, 0.3) is 0 Å². The molecule has 0 atom stereocenters. The van der Waals surface area contributed by atoms with E-state index in [0.717, 1.165) is 22.5 Å². The molecule has 0 radical (unpaired) electrons. The average molecular weight is 298 g/mol. The van der Waals surface area contributed by atoms with Crippen LogP contribution in [0, 0.1) is 0 Å². The van der Waals surface area contributed by atoms with Crippen molar-refractivity contribution < 1.29 is 9.52 Å². The zero-order chi connectivity index (χ0) is 14.7. The molecule has 2 aromatic carbocycles. The molecule has 0 spiro atoms. The predicted molar refractivity (Wildman–Crippen MR) is 85.6 cm³/mol. The van der Waals surface area contributed by atoms with E-state index in [-0.39, 0.29) is 11.4 Å². The van der Waals surface area contributed by atoms with Crippen LogP contribution in [0.3, 0.4) is 0 Å². The SMILES string of the molecule is O=c1cc(CSCc2ccccc2)c2ccc(O)cc2o1. The van der Waals surface area contributed by atoms with E-state index in [9.17, 15) is 9.90 Å². The summed E-state index contributed by atoms with van der Waals surface area (Å²) in [5.41, 5.74) is 2.23. The van der Waals surface area contributed by atoms with Crippen molar-refractivity contribution in [1.29, 1.82) is 0 Å². The third kappa shape index (κ3) is 3.28. The van der Waals surface area contributed by atoms with Gasteiger partial charge in [0.05, 0.1) is 0 Å². The van der Waals surface area contributed by atoms with Gasteiger partial charge in [-0.05, 0) is 23.3 Å². The summed E-state index contributed by atoms with van der Waals surface area (Å²) in [7, 11) is 0. The first-order chi connectivity index (χ1) is 10.2. The number of benzene rings is 2. The maximum Gasteiger partial charge on any atom is 0.336 e. The molecule has 1 heterocycles. The minimum absolute atomic E-state index is 0.0970. The Morgan fingerprint density at radius 1 is 1.00 bits per heavy atom. The largest absolute Gasteiger partial charge is 0.508 e. The second-order valence-electron chi connectivity index (χ2n) is 4.75. The number of phenols is 1. The van der Waals surface area contributed by atoms with Gasteiger partial charge in [-0.1, -0.05) is 30.3 Å². The van der Waals surface area contributed by atoms with Crippen molar-refractivity contribution in [3.05, 3.63) is 76.1 Å². The van der Waals surface area contributed by atoms with E-state index in [1.54, 1.807) is 23.9 Å². The molecule has 21 heavy (non-hydrogen) atoms. The van der Waals surface area contributed by atoms with E-state index < -0.39 is 0 Å². The predicted octanol–water partition coefficient (Wildman–Crippen LogP) is 3.93. The lowest BCUT2D eigenvalue weighted by molar-refractivity contribution is 0.473. The molecule has 0 unspecified atom stereocenters. The van der Waals surface area contributed by atoms with E-state index in [2.05, 4.69) is 12.1 Å². The van der Waals surface area contributed by atoms with Crippen molar-refractivity contribution in [2.45, 2.75) is 11.5 Å². The van der Waals surface area contributed by atoms with Crippen molar-refractivity contribution in [2.75, 3.05) is 0 Å². The Hall–Kier alpha value is -2.20. The summed E-state index contributed by atoms with van der Waals surface area (Å²) in [4.78, 5) is 11.6. The Labute approximate surface area is 126 Å². The second-order valence-corrected chi connectivity index (χ2v) is 5.74. The van der Waals surface area contributed by atoms with Gasteiger partial charge in [0.2, 0.25) is 0 Å². The van der Waals surface area contributed by atoms with Crippen LogP contribution in [0.2, 0.25) is 0 Å². The van der Waals surface area contributed by atoms with Crippen LogP contribution >= 0.6 is 11.8 Å². The van der Waals surface area contributed by atoms with E-state index in [4.69, 9.17) is 4.42 Å². The van der Waals surface area contributed by atoms with Gasteiger partial charge in [-0.3, -0.25) is 0 Å². The molecular weight excluding hydrogens is 284 g/mol. The van der Waals surface area contributed by atoms with Crippen LogP contribution < -0.4 is 5.63 Å². The number of thioether (sulfide) groups is 1. The van der Waals surface area contributed by atoms with Gasteiger partial charge < -0.3 is 9.52 Å². The Balaban J connectivity index is 1.82. The first kappa shape index (κ1) is 13.8. The highest BCUT2D eigenvalue weighted by Gasteiger charge is 2.06. The maximum atomic E-state index is 11.6. The number of rotatable bonds is 4. The number of hydrogen-bond acceptors (Lipinski definition) is 4. The molecule has 0 bridgehead atoms. The molecular formula is C17H14O3S. The van der Waals surface area contributed by atoms with Gasteiger partial charge in [0.1, 0.15) is 11.3 Å². The minimum Gasteiger partial charge on any atom is -0.508 e. The van der Waals surface area contributed by atoms with E-state index in [1.807, 2.05) is 18.2 Å². The lowest BCUT2D eigenvalue weighted by Crippen LogP contribution is -1.99. The molecule has 3 aromatic rings. The minimum atomic E-state index is -0.386. The molecule has 106 valence electrons. The zero-order valence-corrected chi connectivity index (χ0v) is 12.1. The molecule has 0 fully saturated rings. The van der Waals surface area contributed by atoms with Crippen molar-refractivity contribution in [1.82, 2.24) is 0 Å². The standard InChI is InChI=1S/C17H14O3S/c18-14-6-7-15-13(8-17(19)20-16(15)9-14)11-21-10-12-4-2-1-3-5-12/h1-9,18H,10-11H2. The van der Waals surface area contributed by atoms with E-state index in [0.29, 0.717) is 5.58 Å². The fourth-order valence-corrected chi connectivity index (χ4v) is 3.18. The smallest absolute Gasteiger partial charge is 0.336 e. The Morgan fingerprint density at radius 3 is 2.62 bits per heavy atom. The van der Waals surface area contributed by atoms with E-state index in [1.165, 1.54) is 17.7 Å². The summed E-state index contributed by atoms with van der Waals surface area (Å²) in [5, 5.41) is 10.3. The van der Waals surface area contributed by atoms with Gasteiger partial charge in [0, 0.05) is 29.0 Å². The van der Waals surface area contributed by atoms with Crippen LogP contribution in [0.1, 0.15) is 11.1 Å². The van der Waals surface area contributed by atoms with Crippen LogP contribution in [0.15, 0.2) is 63.8 Å². The first-order valence-corrected chi connectivity index (χ1v) is 7.75. The molecule has 0 aliphatic carbocycles. The van der Waals surface area contributed by atoms with Crippen molar-refractivity contribution in [3.63, 3.8) is 0 Å². The molecule has 3 rings (SSSR count). The topological polar surface area (TPSA) is 50.4 Å². The molecule has 0 amide bonds. The molecule has 0 saturated carbocycles. The summed E-state index contributed by atoms with van der Waals surface area (Å²) < 4.78 is 5.12. The summed E-state index contributed by atoms with van der Waals surface area (Å²) in [6.07, 6.45) is 0. The first-order valence-electron chi connectivity index (χ1n) is 6.60. The van der Waals surface area contributed by atoms with Gasteiger partial charge in [-0.2, -0.15) is 11.8 Å². The van der Waals surface area contributed by atoms with Crippen molar-refractivity contribution in [2.24, 2.45) is 0 Å². The molecule has 4 heteroatoms. The molecule has 0 aliphatic rings. The Morgan fingerprint density at radius 2 is 1.81 bits per heavy atom. The van der Waals surface area contributed by atoms with Crippen molar-refractivity contribution in [3.8, 4) is 5.75 Å². The highest BCUT2D eigenvalue weighted by Crippen LogP contribution is 2.25. The molecule has 3 nitrogen and oxygen atoms in total. The maximum absolute atomic E-state index is 11.6. The van der Waals surface area contributed by atoms with Crippen LogP contribution in [0.5, 0.6) is 5.75 Å². The van der Waals surface area contributed by atoms with Gasteiger partial charge in [-0.25, -0.2) is 4.79 Å². The third-order valence-corrected chi connectivity index (χ3v) is 4.24. The Bertz CT molecular complexity index is 809. The zero-order valence-electron chi connectivity index (χ0n) is 11.3. The average Bonchev–Trinajstić information content (AvgIpc) is 2.47. The van der Waals surface area contributed by atoms with Gasteiger partial charge in [0.15, 0.2) is 0 Å². The fraction of sp³-hybridized carbons (Fsp3) is 0.118. The number of fused-ring (bicyclic) bond motifs is 1. The highest BCUT2D eigenvalue weighted by atomic mass is 32.2. The fourth-order valence-electron chi connectivity index (χ4n) is 2.19. The van der Waals surface area contributed by atoms with E-state index >= 15 is 0 Å². The van der Waals surface area contributed by atoms with Crippen molar-refractivity contribution >= 4 is 22.7 Å². The van der Waals surface area contributed by atoms with Crippen LogP contribution in [0.4, 0.5) is 0 Å². The Kier molecular flexibility index (Phi) is 3.97. The van der Waals surface area contributed by atoms with Crippen LogP contribution in [-0.2, 0) is 11.5 Å². The number of phenolic OH excluding ortho intramolecular Hbond substituents is 1. The second kappa shape index (κ2) is 6.06. The molecule has 1 aromatic heterocycles. The quantitative estimate of drug-likeness (QED) is 0.741. The number of aromatic hydroxyl groups is 1. The lowest BCUT2D eigenvalue weighted by Gasteiger charge is -2.06. The normalized spacial score (nSPS) is 10.9. The molecule has 0 aliphatic heterocycles. The summed E-state index contributed by atoms with van der Waals surface area (Å²) in [5.74, 6) is 1.71. The summed E-state index contributed by atoms with van der Waals surface area (Å²) >= 11 is 1.74. The third-order valence-electron chi connectivity index (χ3n) is 3.18. The van der Waals surface area contributed by atoms with Crippen LogP contribution in [-0.4, -0.2) is 5.11 Å². The van der Waals surface area contributed by atoms with Crippen LogP contribution in [0.25, 0.3) is 11.0 Å².